The number of halogens is 1. The summed E-state index contributed by atoms with van der Waals surface area (Å²) in [7, 11) is 0. The van der Waals surface area contributed by atoms with Gasteiger partial charge in [0.1, 0.15) is 0 Å². The summed E-state index contributed by atoms with van der Waals surface area (Å²) < 4.78 is 7.01. The van der Waals surface area contributed by atoms with Gasteiger partial charge in [-0.05, 0) is 19.3 Å². The van der Waals surface area contributed by atoms with Crippen molar-refractivity contribution in [3.05, 3.63) is 11.1 Å². The molecule has 90 valence electrons. The highest BCUT2D eigenvalue weighted by molar-refractivity contribution is 9.11. The molecule has 3 heteroatoms. The van der Waals surface area contributed by atoms with Crippen LogP contribution < -0.4 is 5.32 Å². The highest BCUT2D eigenvalue weighted by Crippen LogP contribution is 2.60. The highest BCUT2D eigenvalue weighted by Gasteiger charge is 2.64. The number of hydrogen-bond acceptors (Lipinski definition) is 2. The van der Waals surface area contributed by atoms with Crippen LogP contribution in [0.3, 0.4) is 0 Å². The standard InChI is InChI=1S/C13H20BrNO/c1-9(14)8-15-11-10-4-7-16-12(10)13(11)5-2-3-6-13/h10-12,15H,1-8H2. The van der Waals surface area contributed by atoms with Crippen molar-refractivity contribution in [2.45, 2.75) is 44.2 Å². The first-order valence-corrected chi connectivity index (χ1v) is 7.22. The molecule has 0 bridgehead atoms. The molecule has 2 aliphatic carbocycles. The summed E-state index contributed by atoms with van der Waals surface area (Å²) in [4.78, 5) is 0. The Hall–Kier alpha value is 0.140. The van der Waals surface area contributed by atoms with Gasteiger partial charge in [0, 0.05) is 35.0 Å². The Balaban J connectivity index is 1.72. The van der Waals surface area contributed by atoms with Gasteiger partial charge in [0.2, 0.25) is 0 Å². The van der Waals surface area contributed by atoms with E-state index in [9.17, 15) is 0 Å². The summed E-state index contributed by atoms with van der Waals surface area (Å²) in [6.45, 7) is 5.78. The summed E-state index contributed by atoms with van der Waals surface area (Å²) in [6, 6.07) is 0.678. The molecule has 2 saturated carbocycles. The Labute approximate surface area is 106 Å². The largest absolute Gasteiger partial charge is 0.377 e. The van der Waals surface area contributed by atoms with Crippen LogP contribution in [0, 0.1) is 11.3 Å². The summed E-state index contributed by atoms with van der Waals surface area (Å²) in [5.74, 6) is 0.768. The first-order chi connectivity index (χ1) is 7.74. The average molecular weight is 286 g/mol. The van der Waals surface area contributed by atoms with Crippen molar-refractivity contribution in [2.75, 3.05) is 13.2 Å². The van der Waals surface area contributed by atoms with Crippen molar-refractivity contribution in [3.8, 4) is 0 Å². The third kappa shape index (κ3) is 1.52. The number of rotatable bonds is 3. The molecule has 1 spiro atoms. The first kappa shape index (κ1) is 11.2. The molecule has 1 aliphatic heterocycles. The molecule has 0 radical (unpaired) electrons. The molecule has 0 aromatic rings. The van der Waals surface area contributed by atoms with E-state index in [1.54, 1.807) is 0 Å². The van der Waals surface area contributed by atoms with Crippen molar-refractivity contribution in [1.29, 1.82) is 0 Å². The van der Waals surface area contributed by atoms with E-state index in [0.29, 0.717) is 17.6 Å². The van der Waals surface area contributed by atoms with Crippen LogP contribution in [-0.2, 0) is 4.74 Å². The monoisotopic (exact) mass is 285 g/mol. The Morgan fingerprint density at radius 1 is 1.44 bits per heavy atom. The van der Waals surface area contributed by atoms with Crippen molar-refractivity contribution < 1.29 is 4.74 Å². The first-order valence-electron chi connectivity index (χ1n) is 6.42. The number of ether oxygens (including phenoxy) is 1. The summed E-state index contributed by atoms with van der Waals surface area (Å²) in [5, 5.41) is 3.70. The maximum absolute atomic E-state index is 5.95. The van der Waals surface area contributed by atoms with E-state index < -0.39 is 0 Å². The molecular weight excluding hydrogens is 266 g/mol. The lowest BCUT2D eigenvalue weighted by molar-refractivity contribution is -0.129. The van der Waals surface area contributed by atoms with Crippen LogP contribution in [0.1, 0.15) is 32.1 Å². The van der Waals surface area contributed by atoms with Gasteiger partial charge in [-0.1, -0.05) is 35.4 Å². The number of nitrogens with one attached hydrogen (secondary N) is 1. The smallest absolute Gasteiger partial charge is 0.0690 e. The van der Waals surface area contributed by atoms with Gasteiger partial charge in [0.25, 0.3) is 0 Å². The fourth-order valence-electron chi connectivity index (χ4n) is 4.23. The molecule has 1 heterocycles. The minimum atomic E-state index is 0.476. The SMILES string of the molecule is C=C(Br)CNC1C2CCOC2C12CCCC2. The lowest BCUT2D eigenvalue weighted by Crippen LogP contribution is -2.67. The topological polar surface area (TPSA) is 21.3 Å². The minimum Gasteiger partial charge on any atom is -0.377 e. The predicted octanol–water partition coefficient (Wildman–Crippen LogP) is 2.83. The maximum atomic E-state index is 5.95. The van der Waals surface area contributed by atoms with E-state index in [0.717, 1.165) is 23.6 Å². The van der Waals surface area contributed by atoms with Crippen molar-refractivity contribution in [2.24, 2.45) is 11.3 Å². The molecule has 3 fully saturated rings. The second-order valence-electron chi connectivity index (χ2n) is 5.56. The number of hydrogen-bond donors (Lipinski definition) is 1. The zero-order valence-corrected chi connectivity index (χ0v) is 11.3. The van der Waals surface area contributed by atoms with E-state index in [-0.39, 0.29) is 0 Å². The van der Waals surface area contributed by atoms with Crippen molar-refractivity contribution in [3.63, 3.8) is 0 Å². The van der Waals surface area contributed by atoms with E-state index >= 15 is 0 Å². The Morgan fingerprint density at radius 3 is 2.88 bits per heavy atom. The van der Waals surface area contributed by atoms with Crippen molar-refractivity contribution in [1.82, 2.24) is 5.32 Å². The molecule has 2 nitrogen and oxygen atoms in total. The molecular formula is C13H20BrNO. The lowest BCUT2D eigenvalue weighted by atomic mass is 9.54. The predicted molar refractivity (Wildman–Crippen MR) is 68.6 cm³/mol. The quantitative estimate of drug-likeness (QED) is 0.861. The van der Waals surface area contributed by atoms with Gasteiger partial charge >= 0.3 is 0 Å². The molecule has 3 rings (SSSR count). The second kappa shape index (κ2) is 4.11. The van der Waals surface area contributed by atoms with Gasteiger partial charge < -0.3 is 10.1 Å². The molecule has 3 aliphatic rings. The fraction of sp³-hybridized carbons (Fsp3) is 0.846. The van der Waals surface area contributed by atoms with Crippen LogP contribution in [0.2, 0.25) is 0 Å². The minimum absolute atomic E-state index is 0.476. The van der Waals surface area contributed by atoms with E-state index in [1.165, 1.54) is 32.1 Å². The Bertz CT molecular complexity index is 298. The van der Waals surface area contributed by atoms with Crippen LogP contribution in [-0.4, -0.2) is 25.3 Å². The summed E-state index contributed by atoms with van der Waals surface area (Å²) in [5.41, 5.74) is 0.476. The maximum Gasteiger partial charge on any atom is 0.0690 e. The zero-order chi connectivity index (χ0) is 11.2. The normalized spacial score (nSPS) is 39.7. The van der Waals surface area contributed by atoms with Gasteiger partial charge in [-0.15, -0.1) is 0 Å². The van der Waals surface area contributed by atoms with Gasteiger partial charge in [-0.25, -0.2) is 0 Å². The van der Waals surface area contributed by atoms with E-state index in [1.807, 2.05) is 0 Å². The Kier molecular flexibility index (Phi) is 2.89. The third-order valence-corrected chi connectivity index (χ3v) is 5.08. The van der Waals surface area contributed by atoms with E-state index in [4.69, 9.17) is 4.74 Å². The average Bonchev–Trinajstić information content (AvgIpc) is 2.82. The number of fused-ring (bicyclic) bond motifs is 2. The molecule has 16 heavy (non-hydrogen) atoms. The van der Waals surface area contributed by atoms with Crippen LogP contribution in [0.4, 0.5) is 0 Å². The van der Waals surface area contributed by atoms with Crippen LogP contribution in [0.15, 0.2) is 11.1 Å². The zero-order valence-electron chi connectivity index (χ0n) is 9.68. The molecule has 1 N–H and O–H groups in total. The summed E-state index contributed by atoms with van der Waals surface area (Å²) >= 11 is 3.44. The summed E-state index contributed by atoms with van der Waals surface area (Å²) in [6.07, 6.45) is 7.32. The molecule has 1 saturated heterocycles. The van der Waals surface area contributed by atoms with Crippen molar-refractivity contribution >= 4 is 15.9 Å². The van der Waals surface area contributed by atoms with Crippen LogP contribution in [0.25, 0.3) is 0 Å². The van der Waals surface area contributed by atoms with Gasteiger partial charge in [0.05, 0.1) is 6.10 Å². The molecule has 0 amide bonds. The highest BCUT2D eigenvalue weighted by atomic mass is 79.9. The Morgan fingerprint density at radius 2 is 2.19 bits per heavy atom. The van der Waals surface area contributed by atoms with Crippen LogP contribution in [0.5, 0.6) is 0 Å². The van der Waals surface area contributed by atoms with Gasteiger partial charge in [-0.2, -0.15) is 0 Å². The molecule has 0 aromatic carbocycles. The van der Waals surface area contributed by atoms with Crippen LogP contribution >= 0.6 is 15.9 Å². The molecule has 0 aromatic heterocycles. The fourth-order valence-corrected chi connectivity index (χ4v) is 4.39. The van der Waals surface area contributed by atoms with Gasteiger partial charge in [-0.3, -0.25) is 0 Å². The van der Waals surface area contributed by atoms with E-state index in [2.05, 4.69) is 27.8 Å². The van der Waals surface area contributed by atoms with Gasteiger partial charge in [0.15, 0.2) is 0 Å². The lowest BCUT2D eigenvalue weighted by Gasteiger charge is -2.57. The molecule has 3 atom stereocenters. The third-order valence-electron chi connectivity index (χ3n) is 4.80. The second-order valence-corrected chi connectivity index (χ2v) is 6.68. The molecule has 3 unspecified atom stereocenters.